The zero-order valence-electron chi connectivity index (χ0n) is 21.8. The second-order valence-electron chi connectivity index (χ2n) is 9.43. The summed E-state index contributed by atoms with van der Waals surface area (Å²) in [5.74, 6) is 2.36. The van der Waals surface area contributed by atoms with Gasteiger partial charge in [-0.1, -0.05) is 29.8 Å². The topological polar surface area (TPSA) is 95.0 Å². The number of pyridine rings is 2. The predicted octanol–water partition coefficient (Wildman–Crippen LogP) is 5.03. The molecule has 2 aliphatic heterocycles. The molecule has 206 valence electrons. The number of fused-ring (bicyclic) bond motifs is 1. The Morgan fingerprint density at radius 3 is 2.51 bits per heavy atom. The highest BCUT2D eigenvalue weighted by atomic mass is 35.5. The number of hydrogen-bond acceptors (Lipinski definition) is 9. The number of carbonyl (C=O) groups is 1. The maximum absolute atomic E-state index is 12.0. The van der Waals surface area contributed by atoms with Gasteiger partial charge in [-0.25, -0.2) is 9.97 Å². The number of allylic oxidation sites excluding steroid dienone is 1. The van der Waals surface area contributed by atoms with Gasteiger partial charge in [-0.2, -0.15) is 0 Å². The van der Waals surface area contributed by atoms with Crippen LogP contribution in [0, 0.1) is 5.92 Å². The van der Waals surface area contributed by atoms with Crippen LogP contribution in [0.4, 0.5) is 11.6 Å². The smallest absolute Gasteiger partial charge is 0.155 e. The zero-order chi connectivity index (χ0) is 27.5. The van der Waals surface area contributed by atoms with Crippen LogP contribution in [0.15, 0.2) is 37.1 Å². The number of aromatic nitrogens is 2. The maximum Gasteiger partial charge on any atom is 0.155 e. The number of rotatable bonds is 9. The monoisotopic (exact) mass is 572 g/mol. The van der Waals surface area contributed by atoms with Crippen LogP contribution in [0.5, 0.6) is 11.5 Å². The lowest BCUT2D eigenvalue weighted by atomic mass is 9.97. The van der Waals surface area contributed by atoms with Gasteiger partial charge in [0, 0.05) is 54.0 Å². The van der Waals surface area contributed by atoms with E-state index in [9.17, 15) is 4.79 Å². The molecule has 11 heteroatoms. The molecule has 0 unspecified atom stereocenters. The number of anilines is 2. The average Bonchev–Trinajstić information content (AvgIpc) is 3.39. The fourth-order valence-electron chi connectivity index (χ4n) is 4.95. The fourth-order valence-corrected chi connectivity index (χ4v) is 5.65. The highest BCUT2D eigenvalue weighted by Gasteiger charge is 2.30. The quantitative estimate of drug-likeness (QED) is 0.354. The Morgan fingerprint density at radius 2 is 1.85 bits per heavy atom. The second kappa shape index (κ2) is 12.0. The number of carbonyl (C=O) groups excluding carboxylic acids is 1. The number of methoxy groups -OCH3 is 2. The number of ketones is 1. The number of hydrogen-bond donors (Lipinski definition) is 1. The van der Waals surface area contributed by atoms with Crippen LogP contribution < -0.4 is 19.7 Å². The van der Waals surface area contributed by atoms with Crippen molar-refractivity contribution in [2.75, 3.05) is 64.0 Å². The summed E-state index contributed by atoms with van der Waals surface area (Å²) in [4.78, 5) is 23.9. The molecule has 2 aromatic heterocycles. The molecular weight excluding hydrogens is 543 g/mol. The van der Waals surface area contributed by atoms with Gasteiger partial charge in [0.25, 0.3) is 0 Å². The Balaban J connectivity index is 1.59. The van der Waals surface area contributed by atoms with Gasteiger partial charge in [-0.05, 0) is 18.2 Å². The Kier molecular flexibility index (Phi) is 8.42. The van der Waals surface area contributed by atoms with E-state index in [1.807, 2.05) is 12.1 Å². The molecule has 0 amide bonds. The third-order valence-electron chi connectivity index (χ3n) is 7.06. The minimum atomic E-state index is -0.0419. The average molecular weight is 573 g/mol. The summed E-state index contributed by atoms with van der Waals surface area (Å²) >= 11 is 13.5. The van der Waals surface area contributed by atoms with E-state index in [0.29, 0.717) is 84.6 Å². The molecule has 2 atom stereocenters. The van der Waals surface area contributed by atoms with Crippen molar-refractivity contribution in [3.05, 3.63) is 47.1 Å². The number of benzene rings is 1. The first kappa shape index (κ1) is 27.5. The molecule has 39 heavy (non-hydrogen) atoms. The molecule has 2 saturated heterocycles. The molecule has 0 radical (unpaired) electrons. The lowest BCUT2D eigenvalue weighted by Crippen LogP contribution is -2.37. The Bertz CT molecular complexity index is 1370. The SMILES string of the molecule is C=CC(=O)C[C@H]1COC[C@H]1Nc1cc2c(N3CCOCC3)nc(-c3c(Cl)c(OC)cc(OC)c3Cl)cc2cn1. The minimum absolute atomic E-state index is 0.00148. The van der Waals surface area contributed by atoms with Crippen LogP contribution in [0.3, 0.4) is 0 Å². The standard InChI is InChI=1S/C28H30Cl2N4O5/c1-4-18(35)9-17-14-39-15-21(17)32-24-11-19-16(13-31-24)10-20(33-28(19)34-5-7-38-8-6-34)25-26(29)22(36-2)12-23(37-3)27(25)30/h4,10-13,17,21H,1,5-9,14-15H2,2-3H3,(H,31,32)/t17-,21+/m0/s1. The molecule has 3 aromatic rings. The van der Waals surface area contributed by atoms with Crippen molar-refractivity contribution >= 4 is 51.4 Å². The van der Waals surface area contributed by atoms with Gasteiger partial charge in [0.2, 0.25) is 0 Å². The summed E-state index contributed by atoms with van der Waals surface area (Å²) in [6, 6.07) is 5.50. The summed E-state index contributed by atoms with van der Waals surface area (Å²) < 4.78 is 22.2. The van der Waals surface area contributed by atoms with Crippen LogP contribution in [0.1, 0.15) is 6.42 Å². The minimum Gasteiger partial charge on any atom is -0.495 e. The van der Waals surface area contributed by atoms with Gasteiger partial charge in [0.15, 0.2) is 5.78 Å². The largest absolute Gasteiger partial charge is 0.495 e. The zero-order valence-corrected chi connectivity index (χ0v) is 23.3. The predicted molar refractivity (Wildman–Crippen MR) is 153 cm³/mol. The normalized spacial score (nSPS) is 19.2. The van der Waals surface area contributed by atoms with E-state index in [1.165, 1.54) is 20.3 Å². The van der Waals surface area contributed by atoms with Crippen molar-refractivity contribution in [1.29, 1.82) is 0 Å². The molecule has 0 aliphatic carbocycles. The summed E-state index contributed by atoms with van der Waals surface area (Å²) in [5.41, 5.74) is 1.09. The van der Waals surface area contributed by atoms with Gasteiger partial charge in [-0.15, -0.1) is 0 Å². The maximum atomic E-state index is 12.0. The van der Waals surface area contributed by atoms with Crippen molar-refractivity contribution in [2.24, 2.45) is 5.92 Å². The van der Waals surface area contributed by atoms with E-state index in [2.05, 4.69) is 21.8 Å². The molecule has 0 spiro atoms. The van der Waals surface area contributed by atoms with Gasteiger partial charge in [0.05, 0.1) is 62.4 Å². The third kappa shape index (κ3) is 5.63. The van der Waals surface area contributed by atoms with Crippen molar-refractivity contribution in [2.45, 2.75) is 12.5 Å². The summed E-state index contributed by atoms with van der Waals surface area (Å²) in [6.07, 6.45) is 3.54. The lowest BCUT2D eigenvalue weighted by Gasteiger charge is -2.29. The Hall–Kier alpha value is -3.11. The molecule has 0 saturated carbocycles. The number of nitrogens with zero attached hydrogens (tertiary/aromatic N) is 3. The molecule has 1 aromatic carbocycles. The van der Waals surface area contributed by atoms with Crippen molar-refractivity contribution in [1.82, 2.24) is 9.97 Å². The summed E-state index contributed by atoms with van der Waals surface area (Å²) in [5, 5.41) is 5.93. The number of nitrogens with one attached hydrogen (secondary N) is 1. The van der Waals surface area contributed by atoms with Crippen molar-refractivity contribution in [3.63, 3.8) is 0 Å². The molecular formula is C28H30Cl2N4O5. The third-order valence-corrected chi connectivity index (χ3v) is 7.81. The van der Waals surface area contributed by atoms with Crippen LogP contribution in [0.2, 0.25) is 10.0 Å². The number of morpholine rings is 1. The van der Waals surface area contributed by atoms with E-state index in [0.717, 1.165) is 16.6 Å². The Labute approximate surface area is 237 Å². The summed E-state index contributed by atoms with van der Waals surface area (Å²) in [6.45, 7) is 7.15. The summed E-state index contributed by atoms with van der Waals surface area (Å²) in [7, 11) is 3.08. The van der Waals surface area contributed by atoms with Crippen LogP contribution in [-0.2, 0) is 14.3 Å². The first-order valence-corrected chi connectivity index (χ1v) is 13.4. The van der Waals surface area contributed by atoms with E-state index in [1.54, 1.807) is 12.3 Å². The Morgan fingerprint density at radius 1 is 1.13 bits per heavy atom. The van der Waals surface area contributed by atoms with Gasteiger partial charge >= 0.3 is 0 Å². The first-order valence-electron chi connectivity index (χ1n) is 12.7. The molecule has 1 N–H and O–H groups in total. The van der Waals surface area contributed by atoms with E-state index in [4.69, 9.17) is 47.1 Å². The van der Waals surface area contributed by atoms with E-state index in [-0.39, 0.29) is 17.7 Å². The fraction of sp³-hybridized carbons (Fsp3) is 0.393. The molecule has 2 fully saturated rings. The van der Waals surface area contributed by atoms with E-state index >= 15 is 0 Å². The number of halogens is 2. The molecule has 5 rings (SSSR count). The highest BCUT2D eigenvalue weighted by Crippen LogP contribution is 2.46. The molecule has 9 nitrogen and oxygen atoms in total. The number of ether oxygens (including phenoxy) is 4. The van der Waals surface area contributed by atoms with Gasteiger partial charge in [-0.3, -0.25) is 4.79 Å². The van der Waals surface area contributed by atoms with Crippen molar-refractivity contribution < 1.29 is 23.7 Å². The molecule has 2 aliphatic rings. The van der Waals surface area contributed by atoms with Crippen LogP contribution in [0.25, 0.3) is 22.0 Å². The van der Waals surface area contributed by atoms with Crippen molar-refractivity contribution in [3.8, 4) is 22.8 Å². The highest BCUT2D eigenvalue weighted by molar-refractivity contribution is 6.41. The molecule has 0 bridgehead atoms. The van der Waals surface area contributed by atoms with Gasteiger partial charge < -0.3 is 29.2 Å². The van der Waals surface area contributed by atoms with Crippen LogP contribution in [-0.4, -0.2) is 75.5 Å². The van der Waals surface area contributed by atoms with E-state index < -0.39 is 0 Å². The van der Waals surface area contributed by atoms with Gasteiger partial charge in [0.1, 0.15) is 23.1 Å². The van der Waals surface area contributed by atoms with Crippen LogP contribution >= 0.6 is 23.2 Å². The second-order valence-corrected chi connectivity index (χ2v) is 10.2. The molecule has 4 heterocycles. The first-order chi connectivity index (χ1) is 18.9. The lowest BCUT2D eigenvalue weighted by molar-refractivity contribution is -0.115.